The summed E-state index contributed by atoms with van der Waals surface area (Å²) in [7, 11) is -1.81. The molecule has 0 atom stereocenters. The van der Waals surface area contributed by atoms with Crippen LogP contribution in [0.5, 0.6) is 5.88 Å². The van der Waals surface area contributed by atoms with Gasteiger partial charge in [-0.15, -0.1) is 0 Å². The number of aryl methyl sites for hydroxylation is 1. The lowest BCUT2D eigenvalue weighted by Gasteiger charge is -2.35. The van der Waals surface area contributed by atoms with Crippen molar-refractivity contribution in [1.82, 2.24) is 24.1 Å². The van der Waals surface area contributed by atoms with Gasteiger partial charge in [0.05, 0.1) is 23.2 Å². The number of fused-ring (bicyclic) bond motifs is 1. The van der Waals surface area contributed by atoms with E-state index >= 15 is 0 Å². The van der Waals surface area contributed by atoms with E-state index in [9.17, 15) is 8.42 Å². The Kier molecular flexibility index (Phi) is 5.13. The van der Waals surface area contributed by atoms with Gasteiger partial charge >= 0.3 is 0 Å². The summed E-state index contributed by atoms with van der Waals surface area (Å²) in [4.78, 5) is 11.0. The van der Waals surface area contributed by atoms with Crippen molar-refractivity contribution in [2.45, 2.75) is 24.8 Å². The lowest BCUT2D eigenvalue weighted by molar-refractivity contribution is 0.235. The van der Waals surface area contributed by atoms with E-state index in [4.69, 9.17) is 4.74 Å². The number of benzene rings is 1. The molecule has 10 heteroatoms. The summed E-state index contributed by atoms with van der Waals surface area (Å²) >= 11 is 0. The predicted molar refractivity (Wildman–Crippen MR) is 109 cm³/mol. The second-order valence-electron chi connectivity index (χ2n) is 7.29. The van der Waals surface area contributed by atoms with Crippen molar-refractivity contribution in [3.8, 4) is 5.88 Å². The van der Waals surface area contributed by atoms with Crippen molar-refractivity contribution in [2.75, 3.05) is 31.1 Å². The van der Waals surface area contributed by atoms with Gasteiger partial charge in [0.15, 0.2) is 0 Å². The molecule has 9 nitrogen and oxygen atoms in total. The molecule has 0 amide bonds. The molecule has 0 spiro atoms. The minimum Gasteiger partial charge on any atom is -0.474 e. The molecule has 2 aromatic heterocycles. The summed E-state index contributed by atoms with van der Waals surface area (Å²) in [6, 6.07) is 5.95. The van der Waals surface area contributed by atoms with Gasteiger partial charge in [0.25, 0.3) is 0 Å². The zero-order chi connectivity index (χ0) is 20.6. The van der Waals surface area contributed by atoms with Crippen LogP contribution in [0.2, 0.25) is 0 Å². The molecule has 1 aromatic carbocycles. The molecule has 0 aliphatic carbocycles. The lowest BCUT2D eigenvalue weighted by Crippen LogP contribution is -2.48. The largest absolute Gasteiger partial charge is 0.474 e. The van der Waals surface area contributed by atoms with E-state index in [1.807, 2.05) is 32.0 Å². The molecule has 3 heterocycles. The topological polar surface area (TPSA) is 93.5 Å². The van der Waals surface area contributed by atoms with Gasteiger partial charge in [-0.2, -0.15) is 9.40 Å². The van der Waals surface area contributed by atoms with Gasteiger partial charge in [-0.1, -0.05) is 0 Å². The molecule has 1 aliphatic rings. The van der Waals surface area contributed by atoms with Gasteiger partial charge in [0.1, 0.15) is 11.2 Å². The first-order valence-corrected chi connectivity index (χ1v) is 10.9. The van der Waals surface area contributed by atoms with Crippen LogP contribution in [-0.2, 0) is 17.1 Å². The van der Waals surface area contributed by atoms with Crippen molar-refractivity contribution in [3.05, 3.63) is 36.9 Å². The number of hydrogen-bond acceptors (Lipinski definition) is 7. The van der Waals surface area contributed by atoms with E-state index in [-0.39, 0.29) is 11.0 Å². The Labute approximate surface area is 170 Å². The highest BCUT2D eigenvalue weighted by molar-refractivity contribution is 7.89. The van der Waals surface area contributed by atoms with E-state index in [1.165, 1.54) is 27.7 Å². The van der Waals surface area contributed by atoms with E-state index < -0.39 is 10.0 Å². The zero-order valence-corrected chi connectivity index (χ0v) is 17.5. The molecule has 4 rings (SSSR count). The number of hydrogen-bond donors (Lipinski definition) is 0. The van der Waals surface area contributed by atoms with Gasteiger partial charge in [0.2, 0.25) is 15.9 Å². The maximum absolute atomic E-state index is 12.8. The summed E-state index contributed by atoms with van der Waals surface area (Å²) in [6.07, 6.45) is 4.43. The highest BCUT2D eigenvalue weighted by Gasteiger charge is 2.29. The average molecular weight is 417 g/mol. The van der Waals surface area contributed by atoms with Crippen molar-refractivity contribution in [2.24, 2.45) is 7.05 Å². The highest BCUT2D eigenvalue weighted by atomic mass is 32.2. The van der Waals surface area contributed by atoms with Gasteiger partial charge in [-0.3, -0.25) is 4.68 Å². The maximum Gasteiger partial charge on any atom is 0.246 e. The number of aromatic nitrogens is 4. The quantitative estimate of drug-likeness (QED) is 0.624. The second kappa shape index (κ2) is 7.60. The predicted octanol–water partition coefficient (Wildman–Crippen LogP) is 1.66. The number of sulfonamides is 1. The Morgan fingerprint density at radius 3 is 2.52 bits per heavy atom. The molecule has 0 bridgehead atoms. The molecular formula is C19H24N6O3S. The van der Waals surface area contributed by atoms with Crippen LogP contribution in [0.25, 0.3) is 10.9 Å². The Balaban J connectivity index is 1.53. The fraction of sp³-hybridized carbons (Fsp3) is 0.421. The van der Waals surface area contributed by atoms with Crippen LogP contribution >= 0.6 is 0 Å². The fourth-order valence-electron chi connectivity index (χ4n) is 3.40. The molecule has 0 N–H and O–H groups in total. The van der Waals surface area contributed by atoms with Gasteiger partial charge in [0, 0.05) is 45.1 Å². The third kappa shape index (κ3) is 3.90. The van der Waals surface area contributed by atoms with Crippen LogP contribution < -0.4 is 9.64 Å². The van der Waals surface area contributed by atoms with Crippen LogP contribution in [0.4, 0.5) is 5.69 Å². The highest BCUT2D eigenvalue weighted by Crippen LogP contribution is 2.28. The van der Waals surface area contributed by atoms with E-state index in [1.54, 1.807) is 7.05 Å². The zero-order valence-electron chi connectivity index (χ0n) is 16.7. The third-order valence-electron chi connectivity index (χ3n) is 4.85. The van der Waals surface area contributed by atoms with Crippen molar-refractivity contribution in [1.29, 1.82) is 0 Å². The number of ether oxygens (including phenoxy) is 1. The van der Waals surface area contributed by atoms with E-state index in [0.29, 0.717) is 32.1 Å². The summed E-state index contributed by atoms with van der Waals surface area (Å²) in [6.45, 7) is 5.93. The number of anilines is 1. The van der Waals surface area contributed by atoms with Crippen molar-refractivity contribution >= 4 is 26.6 Å². The minimum absolute atomic E-state index is 0.0120. The monoisotopic (exact) mass is 416 g/mol. The van der Waals surface area contributed by atoms with Crippen LogP contribution in [0.1, 0.15) is 13.8 Å². The van der Waals surface area contributed by atoms with Crippen LogP contribution in [0.15, 0.2) is 41.8 Å². The Morgan fingerprint density at radius 2 is 1.86 bits per heavy atom. The maximum atomic E-state index is 12.8. The molecule has 3 aromatic rings. The molecule has 0 unspecified atom stereocenters. The smallest absolute Gasteiger partial charge is 0.246 e. The van der Waals surface area contributed by atoms with Crippen molar-refractivity contribution in [3.63, 3.8) is 0 Å². The Hall–Kier alpha value is -2.72. The van der Waals surface area contributed by atoms with Gasteiger partial charge in [-0.25, -0.2) is 18.4 Å². The SMILES string of the molecule is CC(C)Oc1ncnc2ccc(N3CCN(S(=O)(=O)c4cnn(C)c4)CC3)cc12. The van der Waals surface area contributed by atoms with Crippen LogP contribution in [0.3, 0.4) is 0 Å². The molecular weight excluding hydrogens is 392 g/mol. The molecule has 29 heavy (non-hydrogen) atoms. The number of piperazine rings is 1. The molecule has 154 valence electrons. The first kappa shape index (κ1) is 19.6. The lowest BCUT2D eigenvalue weighted by atomic mass is 10.2. The third-order valence-corrected chi connectivity index (χ3v) is 6.70. The standard InChI is InChI=1S/C19H24N6O3S/c1-14(2)28-19-17-10-15(4-5-18(17)20-13-21-19)24-6-8-25(9-7-24)29(26,27)16-11-22-23(3)12-16/h4-5,10-14H,6-9H2,1-3H3. The van der Waals surface area contributed by atoms with E-state index in [2.05, 4.69) is 20.0 Å². The molecule has 1 saturated heterocycles. The van der Waals surface area contributed by atoms with E-state index in [0.717, 1.165) is 16.6 Å². The fourth-order valence-corrected chi connectivity index (χ4v) is 4.81. The van der Waals surface area contributed by atoms with Gasteiger partial charge in [-0.05, 0) is 32.0 Å². The van der Waals surface area contributed by atoms with Crippen molar-refractivity contribution < 1.29 is 13.2 Å². The van der Waals surface area contributed by atoms with Crippen LogP contribution in [0, 0.1) is 0 Å². The Bertz CT molecular complexity index is 1120. The molecule has 1 fully saturated rings. The molecule has 0 radical (unpaired) electrons. The second-order valence-corrected chi connectivity index (χ2v) is 9.23. The summed E-state index contributed by atoms with van der Waals surface area (Å²) in [5.41, 5.74) is 1.82. The summed E-state index contributed by atoms with van der Waals surface area (Å²) < 4.78 is 34.4. The normalized spacial score (nSPS) is 15.9. The Morgan fingerprint density at radius 1 is 1.10 bits per heavy atom. The van der Waals surface area contributed by atoms with Gasteiger partial charge < -0.3 is 9.64 Å². The van der Waals surface area contributed by atoms with Crippen LogP contribution in [-0.4, -0.2) is 64.8 Å². The summed E-state index contributed by atoms with van der Waals surface area (Å²) in [5.74, 6) is 0.560. The first-order chi connectivity index (χ1) is 13.8. The molecule has 0 saturated carbocycles. The summed E-state index contributed by atoms with van der Waals surface area (Å²) in [5, 5.41) is 4.83. The number of rotatable bonds is 5. The minimum atomic E-state index is -3.52. The first-order valence-electron chi connectivity index (χ1n) is 9.50. The molecule has 1 aliphatic heterocycles. The number of nitrogens with zero attached hydrogens (tertiary/aromatic N) is 6. The average Bonchev–Trinajstić information content (AvgIpc) is 3.15.